The van der Waals surface area contributed by atoms with Gasteiger partial charge in [-0.05, 0) is 0 Å². The SMILES string of the molecule is O=[N+]([O-])c1cnc(Cl)c(CO)c1C(F)F. The first-order valence-corrected chi connectivity index (χ1v) is 4.07. The molecule has 0 aliphatic rings. The van der Waals surface area contributed by atoms with Crippen molar-refractivity contribution in [2.24, 2.45) is 0 Å². The van der Waals surface area contributed by atoms with E-state index in [1.165, 1.54) is 0 Å². The van der Waals surface area contributed by atoms with Gasteiger partial charge in [0.05, 0.1) is 11.5 Å². The third-order valence-electron chi connectivity index (χ3n) is 1.72. The molecule has 1 rings (SSSR count). The fourth-order valence-corrected chi connectivity index (χ4v) is 1.28. The van der Waals surface area contributed by atoms with E-state index in [9.17, 15) is 18.9 Å². The summed E-state index contributed by atoms with van der Waals surface area (Å²) in [6, 6.07) is 0. The van der Waals surface area contributed by atoms with Crippen LogP contribution in [0, 0.1) is 10.1 Å². The number of hydrogen-bond donors (Lipinski definition) is 1. The lowest BCUT2D eigenvalue weighted by Gasteiger charge is -2.07. The van der Waals surface area contributed by atoms with Gasteiger partial charge in [-0.3, -0.25) is 10.1 Å². The number of nitro groups is 1. The minimum atomic E-state index is -3.09. The van der Waals surface area contributed by atoms with Crippen molar-refractivity contribution in [3.63, 3.8) is 0 Å². The van der Waals surface area contributed by atoms with Gasteiger partial charge >= 0.3 is 0 Å². The molecule has 0 radical (unpaired) electrons. The van der Waals surface area contributed by atoms with Crippen LogP contribution in [0.1, 0.15) is 17.6 Å². The third kappa shape index (κ3) is 2.18. The number of aliphatic hydroxyl groups is 1. The molecule has 1 N–H and O–H groups in total. The molecule has 0 saturated carbocycles. The van der Waals surface area contributed by atoms with Gasteiger partial charge in [-0.1, -0.05) is 11.6 Å². The quantitative estimate of drug-likeness (QED) is 0.497. The standard InChI is InChI=1S/C7H5ClF2N2O3/c8-6-3(2-13)5(7(9)10)4(1-11-6)12(14)15/h1,7,13H,2H2. The molecule has 0 atom stereocenters. The van der Waals surface area contributed by atoms with E-state index in [2.05, 4.69) is 4.98 Å². The van der Waals surface area contributed by atoms with Crippen molar-refractivity contribution >= 4 is 17.3 Å². The molecule has 0 bridgehead atoms. The largest absolute Gasteiger partial charge is 0.392 e. The van der Waals surface area contributed by atoms with E-state index in [1.54, 1.807) is 0 Å². The molecule has 0 amide bonds. The number of aromatic nitrogens is 1. The molecule has 8 heteroatoms. The Morgan fingerprint density at radius 1 is 1.67 bits per heavy atom. The number of alkyl halides is 2. The molecule has 0 saturated heterocycles. The average molecular weight is 239 g/mol. The van der Waals surface area contributed by atoms with Crippen molar-refractivity contribution in [2.45, 2.75) is 13.0 Å². The molecular weight excluding hydrogens is 234 g/mol. The van der Waals surface area contributed by atoms with Crippen LogP contribution in [-0.4, -0.2) is 15.0 Å². The maximum Gasteiger partial charge on any atom is 0.296 e. The predicted octanol–water partition coefficient (Wildman–Crippen LogP) is 2.07. The highest BCUT2D eigenvalue weighted by Crippen LogP contribution is 2.34. The van der Waals surface area contributed by atoms with E-state index in [0.717, 1.165) is 0 Å². The summed E-state index contributed by atoms with van der Waals surface area (Å²) in [7, 11) is 0. The van der Waals surface area contributed by atoms with Gasteiger partial charge in [0.2, 0.25) is 0 Å². The highest BCUT2D eigenvalue weighted by molar-refractivity contribution is 6.30. The molecule has 0 aliphatic carbocycles. The average Bonchev–Trinajstić information content (AvgIpc) is 2.16. The Balaban J connectivity index is 3.49. The maximum atomic E-state index is 12.5. The lowest BCUT2D eigenvalue weighted by Crippen LogP contribution is -2.03. The van der Waals surface area contributed by atoms with Gasteiger partial charge in [0.25, 0.3) is 12.1 Å². The molecule has 1 aromatic rings. The minimum Gasteiger partial charge on any atom is -0.392 e. The number of halogens is 3. The molecule has 1 heterocycles. The van der Waals surface area contributed by atoms with Crippen LogP contribution in [0.15, 0.2) is 6.20 Å². The summed E-state index contributed by atoms with van der Waals surface area (Å²) in [5.41, 5.74) is -2.15. The zero-order chi connectivity index (χ0) is 11.6. The maximum absolute atomic E-state index is 12.5. The molecule has 1 aromatic heterocycles. The summed E-state index contributed by atoms with van der Waals surface area (Å²) >= 11 is 5.42. The normalized spacial score (nSPS) is 10.7. The van der Waals surface area contributed by atoms with Crippen molar-refractivity contribution < 1.29 is 18.8 Å². The van der Waals surface area contributed by atoms with E-state index in [-0.39, 0.29) is 5.15 Å². The fourth-order valence-electron chi connectivity index (χ4n) is 1.07. The second-order valence-electron chi connectivity index (χ2n) is 2.54. The van der Waals surface area contributed by atoms with E-state index in [4.69, 9.17) is 16.7 Å². The van der Waals surface area contributed by atoms with Crippen molar-refractivity contribution in [1.29, 1.82) is 0 Å². The monoisotopic (exact) mass is 238 g/mol. The summed E-state index contributed by atoms with van der Waals surface area (Å²) < 4.78 is 25.0. The fraction of sp³-hybridized carbons (Fsp3) is 0.286. The molecule has 0 aromatic carbocycles. The van der Waals surface area contributed by atoms with Gasteiger partial charge in [0.15, 0.2) is 0 Å². The number of rotatable bonds is 3. The molecule has 15 heavy (non-hydrogen) atoms. The second-order valence-corrected chi connectivity index (χ2v) is 2.90. The molecule has 0 fully saturated rings. The summed E-state index contributed by atoms with van der Waals surface area (Å²) in [6.07, 6.45) is -2.45. The molecule has 5 nitrogen and oxygen atoms in total. The Labute approximate surface area is 87.5 Å². The Morgan fingerprint density at radius 3 is 2.67 bits per heavy atom. The zero-order valence-electron chi connectivity index (χ0n) is 7.15. The molecular formula is C7H5ClF2N2O3. The van der Waals surface area contributed by atoms with Crippen LogP contribution in [0.3, 0.4) is 0 Å². The van der Waals surface area contributed by atoms with Crippen LogP contribution < -0.4 is 0 Å². The zero-order valence-corrected chi connectivity index (χ0v) is 7.91. The first-order chi connectivity index (χ1) is 6.99. The van der Waals surface area contributed by atoms with Gasteiger partial charge in [-0.2, -0.15) is 0 Å². The van der Waals surface area contributed by atoms with Crippen LogP contribution in [0.25, 0.3) is 0 Å². The van der Waals surface area contributed by atoms with Crippen LogP contribution in [-0.2, 0) is 6.61 Å². The Bertz CT molecular complexity index is 400. The van der Waals surface area contributed by atoms with Gasteiger partial charge in [-0.25, -0.2) is 13.8 Å². The molecule has 0 aliphatic heterocycles. The van der Waals surface area contributed by atoms with Gasteiger partial charge in [-0.15, -0.1) is 0 Å². The van der Waals surface area contributed by atoms with Crippen LogP contribution in [0.5, 0.6) is 0 Å². The molecule has 0 spiro atoms. The van der Waals surface area contributed by atoms with E-state index >= 15 is 0 Å². The summed E-state index contributed by atoms with van der Waals surface area (Å²) in [5, 5.41) is 18.8. The van der Waals surface area contributed by atoms with Gasteiger partial charge in [0.1, 0.15) is 16.9 Å². The summed E-state index contributed by atoms with van der Waals surface area (Å²) in [6.45, 7) is -0.826. The predicted molar refractivity (Wildman–Crippen MR) is 46.8 cm³/mol. The number of pyridine rings is 1. The highest BCUT2D eigenvalue weighted by Gasteiger charge is 2.27. The summed E-state index contributed by atoms with van der Waals surface area (Å²) in [4.78, 5) is 12.8. The lowest BCUT2D eigenvalue weighted by molar-refractivity contribution is -0.386. The van der Waals surface area contributed by atoms with Crippen molar-refractivity contribution in [3.8, 4) is 0 Å². The Hall–Kier alpha value is -1.34. The smallest absolute Gasteiger partial charge is 0.296 e. The van der Waals surface area contributed by atoms with Crippen molar-refractivity contribution in [2.75, 3.05) is 0 Å². The van der Waals surface area contributed by atoms with Gasteiger partial charge in [0, 0.05) is 5.56 Å². The highest BCUT2D eigenvalue weighted by atomic mass is 35.5. The second kappa shape index (κ2) is 4.45. The Morgan fingerprint density at radius 2 is 2.27 bits per heavy atom. The number of nitrogens with zero attached hydrogens (tertiary/aromatic N) is 2. The van der Waals surface area contributed by atoms with Crippen molar-refractivity contribution in [3.05, 3.63) is 32.6 Å². The number of aliphatic hydroxyl groups excluding tert-OH is 1. The lowest BCUT2D eigenvalue weighted by atomic mass is 10.1. The van der Waals surface area contributed by atoms with Crippen molar-refractivity contribution in [1.82, 2.24) is 4.98 Å². The van der Waals surface area contributed by atoms with E-state index in [0.29, 0.717) is 6.20 Å². The summed E-state index contributed by atoms with van der Waals surface area (Å²) in [5.74, 6) is 0. The first kappa shape index (κ1) is 11.7. The van der Waals surface area contributed by atoms with Crippen LogP contribution >= 0.6 is 11.6 Å². The van der Waals surface area contributed by atoms with Crippen LogP contribution in [0.4, 0.5) is 14.5 Å². The minimum absolute atomic E-state index is 0.363. The first-order valence-electron chi connectivity index (χ1n) is 3.69. The van der Waals surface area contributed by atoms with E-state index in [1.807, 2.05) is 0 Å². The molecule has 0 unspecified atom stereocenters. The Kier molecular flexibility index (Phi) is 3.48. The van der Waals surface area contributed by atoms with Gasteiger partial charge < -0.3 is 5.11 Å². The number of hydrogen-bond acceptors (Lipinski definition) is 4. The van der Waals surface area contributed by atoms with E-state index < -0.39 is 34.8 Å². The topological polar surface area (TPSA) is 76.3 Å². The van der Waals surface area contributed by atoms with Crippen LogP contribution in [0.2, 0.25) is 5.15 Å². The molecule has 82 valence electrons. The third-order valence-corrected chi connectivity index (χ3v) is 2.05.